The highest BCUT2D eigenvalue weighted by molar-refractivity contribution is 5.84. The van der Waals surface area contributed by atoms with Crippen molar-refractivity contribution in [3.63, 3.8) is 0 Å². The number of para-hydroxylation sites is 1. The molecule has 1 aliphatic heterocycles. The third-order valence-electron chi connectivity index (χ3n) is 2.76. The summed E-state index contributed by atoms with van der Waals surface area (Å²) >= 11 is 0. The van der Waals surface area contributed by atoms with E-state index in [2.05, 4.69) is 0 Å². The number of carboxylic acid groups (broad SMARTS) is 1. The number of hydrogen-bond donors (Lipinski definition) is 1. The van der Waals surface area contributed by atoms with Crippen LogP contribution in [0.1, 0.15) is 11.5 Å². The van der Waals surface area contributed by atoms with Gasteiger partial charge in [0.05, 0.1) is 12.8 Å². The minimum atomic E-state index is -0.783. The second-order valence-electron chi connectivity index (χ2n) is 3.67. The number of ether oxygens (including phenoxy) is 1. The standard InChI is InChI=1S/C11H13NO3/c1-12-6-8(11(13)14)7-4-3-5-9(15-2)10(7)12/h3-5,8H,6H2,1-2H3,(H,13,14). The highest BCUT2D eigenvalue weighted by atomic mass is 16.5. The van der Waals surface area contributed by atoms with Crippen LogP contribution in [0.3, 0.4) is 0 Å². The van der Waals surface area contributed by atoms with Crippen LogP contribution in [0, 0.1) is 0 Å². The largest absolute Gasteiger partial charge is 0.495 e. The predicted octanol–water partition coefficient (Wildman–Crippen LogP) is 1.31. The molecule has 15 heavy (non-hydrogen) atoms. The van der Waals surface area contributed by atoms with Crippen LogP contribution in [0.2, 0.25) is 0 Å². The molecule has 0 bridgehead atoms. The van der Waals surface area contributed by atoms with E-state index in [9.17, 15) is 4.79 Å². The second-order valence-corrected chi connectivity index (χ2v) is 3.67. The van der Waals surface area contributed by atoms with Crippen molar-refractivity contribution in [2.24, 2.45) is 0 Å². The molecule has 4 heteroatoms. The fraction of sp³-hybridized carbons (Fsp3) is 0.364. The Morgan fingerprint density at radius 3 is 2.93 bits per heavy atom. The Bertz CT molecular complexity index is 403. The van der Waals surface area contributed by atoms with Crippen LogP contribution < -0.4 is 9.64 Å². The van der Waals surface area contributed by atoms with Gasteiger partial charge < -0.3 is 14.7 Å². The first-order valence-electron chi connectivity index (χ1n) is 4.76. The number of anilines is 1. The van der Waals surface area contributed by atoms with E-state index in [-0.39, 0.29) is 0 Å². The second kappa shape index (κ2) is 3.46. The van der Waals surface area contributed by atoms with E-state index >= 15 is 0 Å². The zero-order valence-electron chi connectivity index (χ0n) is 8.73. The molecule has 0 aromatic heterocycles. The number of aliphatic carboxylic acids is 1. The first-order chi connectivity index (χ1) is 7.15. The molecule has 0 fully saturated rings. The molecule has 0 saturated carbocycles. The summed E-state index contributed by atoms with van der Waals surface area (Å²) in [4.78, 5) is 13.0. The van der Waals surface area contributed by atoms with E-state index < -0.39 is 11.9 Å². The minimum Gasteiger partial charge on any atom is -0.495 e. The quantitative estimate of drug-likeness (QED) is 0.794. The van der Waals surface area contributed by atoms with Gasteiger partial charge in [-0.05, 0) is 11.6 Å². The maximum Gasteiger partial charge on any atom is 0.312 e. The molecule has 1 aromatic carbocycles. The molecule has 1 aliphatic rings. The molecule has 80 valence electrons. The first-order valence-corrected chi connectivity index (χ1v) is 4.76. The molecule has 4 nitrogen and oxygen atoms in total. The van der Waals surface area contributed by atoms with Crippen LogP contribution in [-0.4, -0.2) is 31.8 Å². The van der Waals surface area contributed by atoms with Gasteiger partial charge in [-0.15, -0.1) is 0 Å². The normalized spacial score (nSPS) is 18.8. The number of fused-ring (bicyclic) bond motifs is 1. The summed E-state index contributed by atoms with van der Waals surface area (Å²) in [6.07, 6.45) is 0. The van der Waals surface area contributed by atoms with E-state index in [1.54, 1.807) is 7.11 Å². The summed E-state index contributed by atoms with van der Waals surface area (Å²) in [5.41, 5.74) is 1.73. The summed E-state index contributed by atoms with van der Waals surface area (Å²) < 4.78 is 5.22. The summed E-state index contributed by atoms with van der Waals surface area (Å²) in [6.45, 7) is 0.505. The van der Waals surface area contributed by atoms with Crippen molar-refractivity contribution < 1.29 is 14.6 Å². The summed E-state index contributed by atoms with van der Waals surface area (Å²) in [6, 6.07) is 5.52. The Balaban J connectivity index is 2.53. The molecule has 1 unspecified atom stereocenters. The molecule has 1 heterocycles. The lowest BCUT2D eigenvalue weighted by atomic mass is 10.0. The van der Waals surface area contributed by atoms with Crippen molar-refractivity contribution in [1.29, 1.82) is 0 Å². The van der Waals surface area contributed by atoms with Crippen LogP contribution in [0.5, 0.6) is 5.75 Å². The number of methoxy groups -OCH3 is 1. The van der Waals surface area contributed by atoms with Gasteiger partial charge in [-0.3, -0.25) is 4.79 Å². The van der Waals surface area contributed by atoms with Crippen molar-refractivity contribution in [2.75, 3.05) is 25.6 Å². The zero-order valence-corrected chi connectivity index (χ0v) is 8.73. The highest BCUT2D eigenvalue weighted by Crippen LogP contribution is 2.41. The van der Waals surface area contributed by atoms with Gasteiger partial charge in [-0.25, -0.2) is 0 Å². The average Bonchev–Trinajstić information content (AvgIpc) is 2.56. The lowest BCUT2D eigenvalue weighted by Crippen LogP contribution is -2.20. The summed E-state index contributed by atoms with van der Waals surface area (Å²) in [5, 5.41) is 9.07. The molecule has 1 aromatic rings. The Kier molecular flexibility index (Phi) is 2.26. The third-order valence-corrected chi connectivity index (χ3v) is 2.76. The van der Waals surface area contributed by atoms with Gasteiger partial charge in [-0.1, -0.05) is 12.1 Å². The summed E-state index contributed by atoms with van der Waals surface area (Å²) in [7, 11) is 3.47. The van der Waals surface area contributed by atoms with Gasteiger partial charge >= 0.3 is 5.97 Å². The van der Waals surface area contributed by atoms with E-state index in [1.165, 1.54) is 0 Å². The van der Waals surface area contributed by atoms with Gasteiger partial charge in [0.25, 0.3) is 0 Å². The maximum absolute atomic E-state index is 11.0. The highest BCUT2D eigenvalue weighted by Gasteiger charge is 2.33. The first kappa shape index (κ1) is 9.83. The van der Waals surface area contributed by atoms with Crippen LogP contribution in [0.4, 0.5) is 5.69 Å². The number of carbonyl (C=O) groups is 1. The van der Waals surface area contributed by atoms with Crippen LogP contribution in [0.25, 0.3) is 0 Å². The van der Waals surface area contributed by atoms with E-state index in [1.807, 2.05) is 30.1 Å². The molecular weight excluding hydrogens is 194 g/mol. The SMILES string of the molecule is COc1cccc2c1N(C)CC2C(=O)O. The lowest BCUT2D eigenvalue weighted by Gasteiger charge is -2.14. The number of nitrogens with zero attached hydrogens (tertiary/aromatic N) is 1. The van der Waals surface area contributed by atoms with E-state index in [4.69, 9.17) is 9.84 Å². The summed E-state index contributed by atoms with van der Waals surface area (Å²) in [5.74, 6) is -0.493. The molecule has 1 N–H and O–H groups in total. The van der Waals surface area contributed by atoms with Crippen molar-refractivity contribution in [1.82, 2.24) is 0 Å². The molecule has 0 radical (unpaired) electrons. The van der Waals surface area contributed by atoms with Gasteiger partial charge in [0, 0.05) is 13.6 Å². The van der Waals surface area contributed by atoms with Gasteiger partial charge in [0.2, 0.25) is 0 Å². The molecular formula is C11H13NO3. The fourth-order valence-electron chi connectivity index (χ4n) is 2.07. The Morgan fingerprint density at radius 2 is 2.33 bits per heavy atom. The number of likely N-dealkylation sites (N-methyl/N-ethyl adjacent to an activating group) is 1. The van der Waals surface area contributed by atoms with Crippen LogP contribution >= 0.6 is 0 Å². The molecule has 0 spiro atoms. The predicted molar refractivity (Wildman–Crippen MR) is 56.6 cm³/mol. The van der Waals surface area contributed by atoms with Crippen molar-refractivity contribution in [3.8, 4) is 5.75 Å². The molecule has 0 saturated heterocycles. The molecule has 1 atom stereocenters. The van der Waals surface area contributed by atoms with Crippen LogP contribution in [0.15, 0.2) is 18.2 Å². The minimum absolute atomic E-state index is 0.444. The van der Waals surface area contributed by atoms with Gasteiger partial charge in [0.1, 0.15) is 11.7 Å². The molecule has 0 aliphatic carbocycles. The third kappa shape index (κ3) is 1.42. The van der Waals surface area contributed by atoms with Crippen molar-refractivity contribution >= 4 is 11.7 Å². The lowest BCUT2D eigenvalue weighted by molar-refractivity contribution is -0.138. The van der Waals surface area contributed by atoms with Gasteiger partial charge in [0.15, 0.2) is 0 Å². The van der Waals surface area contributed by atoms with Gasteiger partial charge in [-0.2, -0.15) is 0 Å². The van der Waals surface area contributed by atoms with E-state index in [0.717, 1.165) is 17.0 Å². The monoisotopic (exact) mass is 207 g/mol. The maximum atomic E-state index is 11.0. The Morgan fingerprint density at radius 1 is 1.60 bits per heavy atom. The van der Waals surface area contributed by atoms with Crippen LogP contribution in [-0.2, 0) is 4.79 Å². The van der Waals surface area contributed by atoms with Crippen molar-refractivity contribution in [3.05, 3.63) is 23.8 Å². The number of hydrogen-bond acceptors (Lipinski definition) is 3. The molecule has 2 rings (SSSR count). The number of carboxylic acids is 1. The topological polar surface area (TPSA) is 49.8 Å². The number of benzene rings is 1. The molecule has 0 amide bonds. The fourth-order valence-corrected chi connectivity index (χ4v) is 2.07. The Labute approximate surface area is 88.1 Å². The smallest absolute Gasteiger partial charge is 0.312 e. The van der Waals surface area contributed by atoms with Crippen molar-refractivity contribution in [2.45, 2.75) is 5.92 Å². The number of rotatable bonds is 2. The Hall–Kier alpha value is -1.71. The van der Waals surface area contributed by atoms with E-state index in [0.29, 0.717) is 6.54 Å². The zero-order chi connectivity index (χ0) is 11.0. The average molecular weight is 207 g/mol.